The lowest BCUT2D eigenvalue weighted by molar-refractivity contribution is -0.182. The van der Waals surface area contributed by atoms with Crippen LogP contribution in [-0.4, -0.2) is 37.9 Å². The first-order valence-corrected chi connectivity index (χ1v) is 6.45. The maximum absolute atomic E-state index is 12.5. The van der Waals surface area contributed by atoms with Crippen LogP contribution >= 0.6 is 0 Å². The number of nitrogens with two attached hydrogens (primary N) is 1. The van der Waals surface area contributed by atoms with Crippen molar-refractivity contribution in [1.82, 2.24) is 5.32 Å². The third-order valence-corrected chi connectivity index (χ3v) is 3.56. The van der Waals surface area contributed by atoms with Gasteiger partial charge in [-0.2, -0.15) is 13.2 Å². The predicted octanol–water partition coefficient (Wildman–Crippen LogP) is 1.59. The molecule has 1 aliphatic rings. The molecule has 0 aromatic carbocycles. The van der Waals surface area contributed by atoms with Gasteiger partial charge < -0.3 is 15.8 Å². The second kappa shape index (κ2) is 7.09. The summed E-state index contributed by atoms with van der Waals surface area (Å²) in [6, 6.07) is -0.165. The fourth-order valence-electron chi connectivity index (χ4n) is 2.32. The highest BCUT2D eigenvalue weighted by Gasteiger charge is 2.41. The van der Waals surface area contributed by atoms with E-state index in [0.717, 1.165) is 0 Å². The molecule has 1 atom stereocenters. The maximum atomic E-state index is 12.5. The standard InChI is InChI=1S/C12H21F3N2O2/c1-19-10(7-16)6-11(18)17-9-4-2-8(3-5-9)12(13,14)15/h8-10H,2-7,16H2,1H3,(H,17,18). The molecule has 0 aromatic rings. The maximum Gasteiger partial charge on any atom is 0.391 e. The van der Waals surface area contributed by atoms with Crippen LogP contribution < -0.4 is 11.1 Å². The number of carbonyl (C=O) groups is 1. The number of nitrogens with one attached hydrogen (secondary N) is 1. The van der Waals surface area contributed by atoms with Crippen molar-refractivity contribution < 1.29 is 22.7 Å². The lowest BCUT2D eigenvalue weighted by atomic mass is 9.85. The van der Waals surface area contributed by atoms with Gasteiger partial charge >= 0.3 is 6.18 Å². The van der Waals surface area contributed by atoms with Gasteiger partial charge in [0, 0.05) is 19.7 Å². The van der Waals surface area contributed by atoms with Crippen LogP contribution in [0, 0.1) is 5.92 Å². The van der Waals surface area contributed by atoms with Crippen molar-refractivity contribution in [3.63, 3.8) is 0 Å². The lowest BCUT2D eigenvalue weighted by Crippen LogP contribution is -2.41. The fourth-order valence-corrected chi connectivity index (χ4v) is 2.32. The van der Waals surface area contributed by atoms with E-state index in [0.29, 0.717) is 12.8 Å². The highest BCUT2D eigenvalue weighted by molar-refractivity contribution is 5.76. The summed E-state index contributed by atoms with van der Waals surface area (Å²) in [6.45, 7) is 0.241. The zero-order valence-electron chi connectivity index (χ0n) is 11.0. The van der Waals surface area contributed by atoms with Crippen LogP contribution in [0.15, 0.2) is 0 Å². The minimum atomic E-state index is -4.12. The van der Waals surface area contributed by atoms with E-state index in [1.807, 2.05) is 0 Å². The number of ether oxygens (including phenoxy) is 1. The molecule has 1 fully saturated rings. The van der Waals surface area contributed by atoms with E-state index in [-0.39, 0.29) is 43.9 Å². The van der Waals surface area contributed by atoms with Gasteiger partial charge in [-0.05, 0) is 25.7 Å². The zero-order valence-corrected chi connectivity index (χ0v) is 11.0. The molecule has 112 valence electrons. The van der Waals surface area contributed by atoms with Crippen LogP contribution in [0.5, 0.6) is 0 Å². The van der Waals surface area contributed by atoms with Crippen LogP contribution in [0.25, 0.3) is 0 Å². The summed E-state index contributed by atoms with van der Waals surface area (Å²) >= 11 is 0. The smallest absolute Gasteiger partial charge is 0.380 e. The van der Waals surface area contributed by atoms with Crippen LogP contribution in [0.3, 0.4) is 0 Å². The summed E-state index contributed by atoms with van der Waals surface area (Å²) in [5, 5.41) is 2.75. The summed E-state index contributed by atoms with van der Waals surface area (Å²) in [7, 11) is 1.47. The van der Waals surface area contributed by atoms with E-state index in [1.54, 1.807) is 0 Å². The van der Waals surface area contributed by atoms with Gasteiger partial charge in [-0.3, -0.25) is 4.79 Å². The van der Waals surface area contributed by atoms with Crippen molar-refractivity contribution >= 4 is 5.91 Å². The Morgan fingerprint density at radius 1 is 1.37 bits per heavy atom. The molecule has 0 bridgehead atoms. The van der Waals surface area contributed by atoms with Gasteiger partial charge in [0.15, 0.2) is 0 Å². The van der Waals surface area contributed by atoms with Gasteiger partial charge in [-0.1, -0.05) is 0 Å². The third-order valence-electron chi connectivity index (χ3n) is 3.56. The average molecular weight is 282 g/mol. The second-order valence-electron chi connectivity index (χ2n) is 4.96. The molecule has 0 radical (unpaired) electrons. The molecule has 0 aliphatic heterocycles. The number of rotatable bonds is 5. The number of methoxy groups -OCH3 is 1. The monoisotopic (exact) mass is 282 g/mol. The Morgan fingerprint density at radius 3 is 2.37 bits per heavy atom. The first-order valence-electron chi connectivity index (χ1n) is 6.45. The molecule has 1 saturated carbocycles. The van der Waals surface area contributed by atoms with E-state index in [2.05, 4.69) is 5.32 Å². The highest BCUT2D eigenvalue weighted by atomic mass is 19.4. The topological polar surface area (TPSA) is 64.3 Å². The Kier molecular flexibility index (Phi) is 6.06. The molecular weight excluding hydrogens is 261 g/mol. The molecule has 4 nitrogen and oxygen atoms in total. The average Bonchev–Trinajstić information content (AvgIpc) is 2.35. The third kappa shape index (κ3) is 5.36. The van der Waals surface area contributed by atoms with Gasteiger partial charge in [0.05, 0.1) is 18.4 Å². The van der Waals surface area contributed by atoms with Crippen LogP contribution in [0.2, 0.25) is 0 Å². The Bertz CT molecular complexity index is 285. The van der Waals surface area contributed by atoms with Crippen LogP contribution in [0.1, 0.15) is 32.1 Å². The molecule has 7 heteroatoms. The van der Waals surface area contributed by atoms with Gasteiger partial charge in [0.1, 0.15) is 0 Å². The van der Waals surface area contributed by atoms with E-state index in [4.69, 9.17) is 10.5 Å². The molecule has 1 amide bonds. The second-order valence-corrected chi connectivity index (χ2v) is 4.96. The van der Waals surface area contributed by atoms with Crippen molar-refractivity contribution in [3.8, 4) is 0 Å². The minimum Gasteiger partial charge on any atom is -0.380 e. The first kappa shape index (κ1) is 16.2. The number of halogens is 3. The number of hydrogen-bond acceptors (Lipinski definition) is 3. The molecule has 0 spiro atoms. The number of amides is 1. The number of alkyl halides is 3. The summed E-state index contributed by atoms with van der Waals surface area (Å²) in [6.07, 6.45) is -3.40. The van der Waals surface area contributed by atoms with Crippen molar-refractivity contribution in [3.05, 3.63) is 0 Å². The summed E-state index contributed by atoms with van der Waals surface area (Å²) in [5.74, 6) is -1.44. The van der Waals surface area contributed by atoms with Crippen LogP contribution in [-0.2, 0) is 9.53 Å². The molecule has 0 aromatic heterocycles. The molecule has 1 rings (SSSR count). The molecule has 19 heavy (non-hydrogen) atoms. The Balaban J connectivity index is 2.31. The van der Waals surface area contributed by atoms with Crippen molar-refractivity contribution in [2.45, 2.75) is 50.4 Å². The molecule has 0 heterocycles. The highest BCUT2D eigenvalue weighted by Crippen LogP contribution is 2.37. The largest absolute Gasteiger partial charge is 0.391 e. The SMILES string of the molecule is COC(CN)CC(=O)NC1CCC(C(F)(F)F)CC1. The molecule has 1 aliphatic carbocycles. The van der Waals surface area contributed by atoms with E-state index < -0.39 is 12.1 Å². The van der Waals surface area contributed by atoms with E-state index in [9.17, 15) is 18.0 Å². The molecule has 0 saturated heterocycles. The summed E-state index contributed by atoms with van der Waals surface area (Å²) < 4.78 is 42.4. The summed E-state index contributed by atoms with van der Waals surface area (Å²) in [4.78, 5) is 11.6. The van der Waals surface area contributed by atoms with E-state index >= 15 is 0 Å². The van der Waals surface area contributed by atoms with Gasteiger partial charge in [-0.25, -0.2) is 0 Å². The predicted molar refractivity (Wildman–Crippen MR) is 64.4 cm³/mol. The molecule has 3 N–H and O–H groups in total. The Labute approximate surface area is 110 Å². The quantitative estimate of drug-likeness (QED) is 0.805. The zero-order chi connectivity index (χ0) is 14.5. The first-order chi connectivity index (χ1) is 8.86. The number of carbonyl (C=O) groups excluding carboxylic acids is 1. The Morgan fingerprint density at radius 2 is 1.95 bits per heavy atom. The fraction of sp³-hybridized carbons (Fsp3) is 0.917. The molecular formula is C12H21F3N2O2. The Hall–Kier alpha value is -0.820. The summed E-state index contributed by atoms with van der Waals surface area (Å²) in [5.41, 5.74) is 5.40. The van der Waals surface area contributed by atoms with Crippen LogP contribution in [0.4, 0.5) is 13.2 Å². The van der Waals surface area contributed by atoms with Gasteiger partial charge in [0.2, 0.25) is 5.91 Å². The number of hydrogen-bond donors (Lipinski definition) is 2. The van der Waals surface area contributed by atoms with Crippen molar-refractivity contribution in [1.29, 1.82) is 0 Å². The van der Waals surface area contributed by atoms with E-state index in [1.165, 1.54) is 7.11 Å². The lowest BCUT2D eigenvalue weighted by Gasteiger charge is -2.30. The van der Waals surface area contributed by atoms with Gasteiger partial charge in [0.25, 0.3) is 0 Å². The minimum absolute atomic E-state index is 0.0824. The normalized spacial score (nSPS) is 25.9. The van der Waals surface area contributed by atoms with Crippen molar-refractivity contribution in [2.24, 2.45) is 11.7 Å². The van der Waals surface area contributed by atoms with Crippen molar-refractivity contribution in [2.75, 3.05) is 13.7 Å². The molecule has 1 unspecified atom stereocenters. The van der Waals surface area contributed by atoms with Gasteiger partial charge in [-0.15, -0.1) is 0 Å².